The molecule has 0 saturated carbocycles. The van der Waals surface area contributed by atoms with Gasteiger partial charge in [0.05, 0.1) is 11.4 Å². The molecule has 1 aliphatic rings. The highest BCUT2D eigenvalue weighted by Gasteiger charge is 2.19. The van der Waals surface area contributed by atoms with Crippen LogP contribution >= 0.6 is 0 Å². The van der Waals surface area contributed by atoms with Gasteiger partial charge in [0.15, 0.2) is 0 Å². The van der Waals surface area contributed by atoms with Crippen molar-refractivity contribution in [2.75, 3.05) is 47.4 Å². The number of pyridine rings is 1. The molecule has 2 heterocycles. The molecule has 3 rings (SSSR count). The monoisotopic (exact) mass is 269 g/mol. The van der Waals surface area contributed by atoms with E-state index in [1.807, 2.05) is 42.6 Å². The molecule has 0 radical (unpaired) electrons. The zero-order valence-corrected chi connectivity index (χ0v) is 11.4. The summed E-state index contributed by atoms with van der Waals surface area (Å²) in [6, 6.07) is 11.7. The van der Waals surface area contributed by atoms with Crippen LogP contribution in [0.2, 0.25) is 0 Å². The van der Waals surface area contributed by atoms with E-state index in [2.05, 4.69) is 14.8 Å². The van der Waals surface area contributed by atoms with E-state index in [0.717, 1.165) is 43.4 Å². The normalized spacial score (nSPS) is 15.4. The third kappa shape index (κ3) is 2.47. The summed E-state index contributed by atoms with van der Waals surface area (Å²) in [5.41, 5.74) is 14.3. The molecule has 0 atom stereocenters. The molecule has 5 nitrogen and oxygen atoms in total. The first-order chi connectivity index (χ1) is 9.74. The van der Waals surface area contributed by atoms with Crippen molar-refractivity contribution >= 4 is 22.9 Å². The number of benzene rings is 1. The van der Waals surface area contributed by atoms with Crippen LogP contribution in [0.3, 0.4) is 0 Å². The lowest BCUT2D eigenvalue weighted by molar-refractivity contribution is 0.648. The van der Waals surface area contributed by atoms with Crippen LogP contribution in [-0.4, -0.2) is 31.2 Å². The van der Waals surface area contributed by atoms with Gasteiger partial charge in [-0.05, 0) is 30.3 Å². The highest BCUT2D eigenvalue weighted by atomic mass is 15.3. The Morgan fingerprint density at radius 1 is 0.900 bits per heavy atom. The Labute approximate surface area is 118 Å². The number of nitrogen functional groups attached to an aromatic ring is 2. The maximum Gasteiger partial charge on any atom is 0.128 e. The minimum absolute atomic E-state index is 0.707. The van der Waals surface area contributed by atoms with E-state index < -0.39 is 0 Å². The van der Waals surface area contributed by atoms with Gasteiger partial charge in [0.25, 0.3) is 0 Å². The van der Waals surface area contributed by atoms with Crippen LogP contribution in [0.5, 0.6) is 0 Å². The van der Waals surface area contributed by atoms with Gasteiger partial charge in [-0.3, -0.25) is 0 Å². The summed E-state index contributed by atoms with van der Waals surface area (Å²) in [6.45, 7) is 3.76. The van der Waals surface area contributed by atoms with Gasteiger partial charge in [0, 0.05) is 38.1 Å². The molecule has 4 N–H and O–H groups in total. The van der Waals surface area contributed by atoms with Crippen molar-refractivity contribution < 1.29 is 0 Å². The Morgan fingerprint density at radius 3 is 2.30 bits per heavy atom. The second-order valence-corrected chi connectivity index (χ2v) is 4.98. The second kappa shape index (κ2) is 5.28. The van der Waals surface area contributed by atoms with E-state index in [9.17, 15) is 0 Å². The summed E-state index contributed by atoms with van der Waals surface area (Å²) >= 11 is 0. The topological polar surface area (TPSA) is 71.4 Å². The summed E-state index contributed by atoms with van der Waals surface area (Å²) in [4.78, 5) is 8.99. The lowest BCUT2D eigenvalue weighted by Crippen LogP contribution is -2.47. The molecule has 0 aliphatic carbocycles. The lowest BCUT2D eigenvalue weighted by atomic mass is 10.2. The van der Waals surface area contributed by atoms with Gasteiger partial charge in [0.2, 0.25) is 0 Å². The van der Waals surface area contributed by atoms with Crippen LogP contribution in [0.15, 0.2) is 42.6 Å². The number of rotatable bonds is 2. The van der Waals surface area contributed by atoms with Crippen LogP contribution in [0, 0.1) is 0 Å². The van der Waals surface area contributed by atoms with Gasteiger partial charge in [-0.1, -0.05) is 6.07 Å². The molecule has 104 valence electrons. The summed E-state index contributed by atoms with van der Waals surface area (Å²) in [6.07, 6.45) is 1.83. The Bertz CT molecular complexity index is 576. The van der Waals surface area contributed by atoms with Crippen LogP contribution in [-0.2, 0) is 0 Å². The molecule has 0 amide bonds. The number of nitrogens with zero attached hydrogens (tertiary/aromatic N) is 3. The van der Waals surface area contributed by atoms with Gasteiger partial charge in [-0.25, -0.2) is 4.98 Å². The Morgan fingerprint density at radius 2 is 1.65 bits per heavy atom. The van der Waals surface area contributed by atoms with Gasteiger partial charge in [0.1, 0.15) is 5.82 Å². The smallest absolute Gasteiger partial charge is 0.128 e. The van der Waals surface area contributed by atoms with E-state index in [1.165, 1.54) is 0 Å². The maximum atomic E-state index is 6.05. The van der Waals surface area contributed by atoms with Crippen molar-refractivity contribution in [3.05, 3.63) is 42.6 Å². The Balaban J connectivity index is 1.69. The van der Waals surface area contributed by atoms with Crippen LogP contribution in [0.1, 0.15) is 0 Å². The SMILES string of the molecule is Nc1ccc(N2CCN(c3ccccn3)CC2)c(N)c1. The minimum atomic E-state index is 0.707. The number of aromatic nitrogens is 1. The molecule has 2 aromatic rings. The molecule has 0 spiro atoms. The van der Waals surface area contributed by atoms with Gasteiger partial charge in [-0.2, -0.15) is 0 Å². The molecule has 1 aromatic heterocycles. The number of hydrogen-bond acceptors (Lipinski definition) is 5. The molecule has 20 heavy (non-hydrogen) atoms. The number of nitrogens with two attached hydrogens (primary N) is 2. The third-order valence-corrected chi connectivity index (χ3v) is 3.65. The highest BCUT2D eigenvalue weighted by molar-refractivity contribution is 5.72. The van der Waals surface area contributed by atoms with Crippen molar-refractivity contribution in [1.82, 2.24) is 4.98 Å². The van der Waals surface area contributed by atoms with Crippen LogP contribution in [0.25, 0.3) is 0 Å². The van der Waals surface area contributed by atoms with Gasteiger partial charge < -0.3 is 21.3 Å². The average molecular weight is 269 g/mol. The van der Waals surface area contributed by atoms with E-state index >= 15 is 0 Å². The zero-order chi connectivity index (χ0) is 13.9. The molecule has 1 aliphatic heterocycles. The fraction of sp³-hybridized carbons (Fsp3) is 0.267. The maximum absolute atomic E-state index is 6.05. The largest absolute Gasteiger partial charge is 0.399 e. The highest BCUT2D eigenvalue weighted by Crippen LogP contribution is 2.26. The average Bonchev–Trinajstić information content (AvgIpc) is 2.48. The molecule has 5 heteroatoms. The van der Waals surface area contributed by atoms with E-state index in [0.29, 0.717) is 5.69 Å². The molecule has 0 unspecified atom stereocenters. The van der Waals surface area contributed by atoms with Gasteiger partial charge in [-0.15, -0.1) is 0 Å². The lowest BCUT2D eigenvalue weighted by Gasteiger charge is -2.37. The molecule has 1 fully saturated rings. The van der Waals surface area contributed by atoms with Crippen molar-refractivity contribution in [2.45, 2.75) is 0 Å². The van der Waals surface area contributed by atoms with E-state index in [-0.39, 0.29) is 0 Å². The molecular weight excluding hydrogens is 250 g/mol. The molecule has 1 aromatic carbocycles. The summed E-state index contributed by atoms with van der Waals surface area (Å²) in [5, 5.41) is 0. The summed E-state index contributed by atoms with van der Waals surface area (Å²) in [5.74, 6) is 1.04. The summed E-state index contributed by atoms with van der Waals surface area (Å²) < 4.78 is 0. The first-order valence-electron chi connectivity index (χ1n) is 6.80. The quantitative estimate of drug-likeness (QED) is 0.810. The zero-order valence-electron chi connectivity index (χ0n) is 11.4. The predicted octanol–water partition coefficient (Wildman–Crippen LogP) is 1.57. The second-order valence-electron chi connectivity index (χ2n) is 4.98. The summed E-state index contributed by atoms with van der Waals surface area (Å²) in [7, 11) is 0. The van der Waals surface area contributed by atoms with E-state index in [4.69, 9.17) is 11.5 Å². The fourth-order valence-corrected chi connectivity index (χ4v) is 2.58. The molecular formula is C15H19N5. The van der Waals surface area contributed by atoms with Gasteiger partial charge >= 0.3 is 0 Å². The minimum Gasteiger partial charge on any atom is -0.399 e. The predicted molar refractivity (Wildman–Crippen MR) is 83.9 cm³/mol. The van der Waals surface area contributed by atoms with Crippen molar-refractivity contribution in [2.24, 2.45) is 0 Å². The molecule has 1 saturated heterocycles. The van der Waals surface area contributed by atoms with Crippen molar-refractivity contribution in [1.29, 1.82) is 0 Å². The number of anilines is 4. The first-order valence-corrected chi connectivity index (χ1v) is 6.80. The third-order valence-electron chi connectivity index (χ3n) is 3.65. The number of hydrogen-bond donors (Lipinski definition) is 2. The molecule has 0 bridgehead atoms. The first kappa shape index (κ1) is 12.6. The fourth-order valence-electron chi connectivity index (χ4n) is 2.58. The van der Waals surface area contributed by atoms with Crippen molar-refractivity contribution in [3.8, 4) is 0 Å². The van der Waals surface area contributed by atoms with Crippen LogP contribution < -0.4 is 21.3 Å². The Kier molecular flexibility index (Phi) is 3.33. The van der Waals surface area contributed by atoms with Crippen LogP contribution in [0.4, 0.5) is 22.9 Å². The Hall–Kier alpha value is -2.43. The van der Waals surface area contributed by atoms with Crippen molar-refractivity contribution in [3.63, 3.8) is 0 Å². The number of piperazine rings is 1. The van der Waals surface area contributed by atoms with E-state index in [1.54, 1.807) is 0 Å². The standard InChI is InChI=1S/C15H19N5/c16-12-4-5-14(13(17)11-12)19-7-9-20(10-8-19)15-3-1-2-6-18-15/h1-6,11H,7-10,16-17H2.